The molecule has 8 nitrogen and oxygen atoms in total. The lowest BCUT2D eigenvalue weighted by Crippen LogP contribution is -2.44. The molecule has 0 aromatic rings. The lowest BCUT2D eigenvalue weighted by atomic mass is 9.95. The topological polar surface area (TPSA) is 84.4 Å². The zero-order valence-electron chi connectivity index (χ0n) is 20.5. The molecule has 2 heterocycles. The predicted molar refractivity (Wildman–Crippen MR) is 139 cm³/mol. The molecule has 0 saturated carbocycles. The molecule has 2 aliphatic rings. The Morgan fingerprint density at radius 3 is 2.72 bits per heavy atom. The lowest BCUT2D eigenvalue weighted by molar-refractivity contribution is 0.0162. The first-order valence-electron chi connectivity index (χ1n) is 12.1. The van der Waals surface area contributed by atoms with Gasteiger partial charge in [0, 0.05) is 45.9 Å². The normalized spacial score (nSPS) is 21.8. The largest absolute Gasteiger partial charge is 0.444 e. The maximum absolute atomic E-state index is 12.3. The Bertz CT molecular complexity index is 551. The number of rotatable bonds is 10. The van der Waals surface area contributed by atoms with E-state index in [0.717, 1.165) is 83.8 Å². The van der Waals surface area contributed by atoms with E-state index in [1.807, 2.05) is 25.7 Å². The molecule has 2 aliphatic heterocycles. The van der Waals surface area contributed by atoms with Crippen molar-refractivity contribution in [3.63, 3.8) is 0 Å². The van der Waals surface area contributed by atoms with E-state index in [2.05, 4.69) is 22.5 Å². The molecule has 0 aliphatic carbocycles. The van der Waals surface area contributed by atoms with Gasteiger partial charge in [-0.15, -0.1) is 24.0 Å². The monoisotopic (exact) mass is 568 g/mol. The molecular weight excluding hydrogens is 523 g/mol. The van der Waals surface area contributed by atoms with Crippen LogP contribution in [0.1, 0.15) is 66.2 Å². The Morgan fingerprint density at radius 1 is 1.22 bits per heavy atom. The first-order chi connectivity index (χ1) is 14.9. The van der Waals surface area contributed by atoms with Gasteiger partial charge in [-0.05, 0) is 72.1 Å². The van der Waals surface area contributed by atoms with Crippen LogP contribution in [-0.2, 0) is 14.2 Å². The highest BCUT2D eigenvalue weighted by Crippen LogP contribution is 2.21. The van der Waals surface area contributed by atoms with E-state index in [9.17, 15) is 4.79 Å². The molecule has 0 spiro atoms. The summed E-state index contributed by atoms with van der Waals surface area (Å²) in [7, 11) is 0. The van der Waals surface area contributed by atoms with E-state index in [1.54, 1.807) is 0 Å². The molecule has 0 bridgehead atoms. The summed E-state index contributed by atoms with van der Waals surface area (Å²) < 4.78 is 16.8. The fraction of sp³-hybridized carbons (Fsp3) is 0.913. The molecular formula is C23H45IN4O4. The van der Waals surface area contributed by atoms with E-state index in [1.165, 1.54) is 0 Å². The van der Waals surface area contributed by atoms with Gasteiger partial charge in [0.05, 0.1) is 12.7 Å². The fourth-order valence-corrected chi connectivity index (χ4v) is 3.88. The standard InChI is InChI=1S/C23H44N4O4.HI/c1-5-24-21(25-12-8-15-29-18-20-10-7-16-30-20)26-13-11-19-9-6-14-27(17-19)22(28)31-23(2,3)4;/h19-20H,5-18H2,1-4H3,(H2,24,25,26);1H. The molecule has 32 heavy (non-hydrogen) atoms. The van der Waals surface area contributed by atoms with E-state index in [4.69, 9.17) is 14.2 Å². The van der Waals surface area contributed by atoms with Crippen LogP contribution in [0.5, 0.6) is 0 Å². The van der Waals surface area contributed by atoms with Gasteiger partial charge >= 0.3 is 6.09 Å². The van der Waals surface area contributed by atoms with Crippen LogP contribution in [0.4, 0.5) is 4.79 Å². The smallest absolute Gasteiger partial charge is 0.410 e. The Morgan fingerprint density at radius 2 is 2.03 bits per heavy atom. The maximum Gasteiger partial charge on any atom is 0.410 e. The molecule has 2 fully saturated rings. The third-order valence-electron chi connectivity index (χ3n) is 5.40. The van der Waals surface area contributed by atoms with Crippen LogP contribution in [0.25, 0.3) is 0 Å². The van der Waals surface area contributed by atoms with Gasteiger partial charge in [-0.1, -0.05) is 0 Å². The molecule has 9 heteroatoms. The molecule has 2 rings (SSSR count). The molecule has 1 amide bonds. The van der Waals surface area contributed by atoms with Crippen molar-refractivity contribution >= 4 is 36.0 Å². The average molecular weight is 569 g/mol. The number of carbonyl (C=O) groups is 1. The Hall–Kier alpha value is -0.810. The van der Waals surface area contributed by atoms with Crippen molar-refractivity contribution in [1.29, 1.82) is 0 Å². The first-order valence-corrected chi connectivity index (χ1v) is 12.1. The average Bonchev–Trinajstić information content (AvgIpc) is 3.23. The van der Waals surface area contributed by atoms with Crippen LogP contribution >= 0.6 is 24.0 Å². The van der Waals surface area contributed by atoms with Crippen molar-refractivity contribution < 1.29 is 19.0 Å². The minimum absolute atomic E-state index is 0. The first kappa shape index (κ1) is 29.2. The van der Waals surface area contributed by atoms with Crippen molar-refractivity contribution in [3.8, 4) is 0 Å². The van der Waals surface area contributed by atoms with Gasteiger partial charge in [-0.25, -0.2) is 4.79 Å². The summed E-state index contributed by atoms with van der Waals surface area (Å²) in [4.78, 5) is 18.8. The maximum atomic E-state index is 12.3. The summed E-state index contributed by atoms with van der Waals surface area (Å²) in [5, 5.41) is 6.73. The Kier molecular flexibility index (Phi) is 14.5. The van der Waals surface area contributed by atoms with Crippen LogP contribution in [0.2, 0.25) is 0 Å². The van der Waals surface area contributed by atoms with Crippen LogP contribution < -0.4 is 10.6 Å². The van der Waals surface area contributed by atoms with Gasteiger partial charge in [-0.3, -0.25) is 4.99 Å². The van der Waals surface area contributed by atoms with Crippen molar-refractivity contribution in [2.24, 2.45) is 10.9 Å². The van der Waals surface area contributed by atoms with E-state index >= 15 is 0 Å². The predicted octanol–water partition coefficient (Wildman–Crippen LogP) is 3.78. The summed E-state index contributed by atoms with van der Waals surface area (Å²) in [5.74, 6) is 1.34. The van der Waals surface area contributed by atoms with Crippen LogP contribution in [0, 0.1) is 5.92 Å². The lowest BCUT2D eigenvalue weighted by Gasteiger charge is -2.34. The summed E-state index contributed by atoms with van der Waals surface area (Å²) >= 11 is 0. The number of nitrogens with zero attached hydrogens (tertiary/aromatic N) is 2. The second-order valence-corrected chi connectivity index (χ2v) is 9.47. The number of ether oxygens (including phenoxy) is 3. The fourth-order valence-electron chi connectivity index (χ4n) is 3.88. The molecule has 188 valence electrons. The molecule has 0 radical (unpaired) electrons. The van der Waals surface area contributed by atoms with Crippen LogP contribution in [0.3, 0.4) is 0 Å². The summed E-state index contributed by atoms with van der Waals surface area (Å²) in [6.45, 7) is 14.1. The zero-order valence-corrected chi connectivity index (χ0v) is 22.8. The Balaban J connectivity index is 0.00000512. The quantitative estimate of drug-likeness (QED) is 0.181. The third-order valence-corrected chi connectivity index (χ3v) is 5.40. The highest BCUT2D eigenvalue weighted by molar-refractivity contribution is 14.0. The second-order valence-electron chi connectivity index (χ2n) is 9.47. The molecule has 0 aromatic heterocycles. The van der Waals surface area contributed by atoms with Crippen molar-refractivity contribution in [2.45, 2.75) is 77.9 Å². The Labute approximate surface area is 211 Å². The molecule has 2 N–H and O–H groups in total. The van der Waals surface area contributed by atoms with Crippen molar-refractivity contribution in [1.82, 2.24) is 15.5 Å². The van der Waals surface area contributed by atoms with E-state index in [-0.39, 0.29) is 36.2 Å². The molecule has 0 aromatic carbocycles. The van der Waals surface area contributed by atoms with Crippen molar-refractivity contribution in [3.05, 3.63) is 0 Å². The minimum Gasteiger partial charge on any atom is -0.444 e. The number of halogens is 1. The number of hydrogen-bond donors (Lipinski definition) is 2. The highest BCUT2D eigenvalue weighted by Gasteiger charge is 2.27. The number of piperidine rings is 1. The highest BCUT2D eigenvalue weighted by atomic mass is 127. The number of nitrogens with one attached hydrogen (secondary N) is 2. The summed E-state index contributed by atoms with van der Waals surface area (Å²) in [5.41, 5.74) is -0.446. The molecule has 2 unspecified atom stereocenters. The molecule has 2 saturated heterocycles. The van der Waals surface area contributed by atoms with Crippen LogP contribution in [-0.4, -0.2) is 81.2 Å². The number of carbonyl (C=O) groups excluding carboxylic acids is 1. The van der Waals surface area contributed by atoms with Gasteiger partial charge in [-0.2, -0.15) is 0 Å². The number of aliphatic imine (C=N–C) groups is 1. The number of amides is 1. The van der Waals surface area contributed by atoms with Gasteiger partial charge in [0.2, 0.25) is 0 Å². The van der Waals surface area contributed by atoms with E-state index in [0.29, 0.717) is 19.1 Å². The summed E-state index contributed by atoms with van der Waals surface area (Å²) in [6.07, 6.45) is 6.44. The van der Waals surface area contributed by atoms with E-state index < -0.39 is 5.60 Å². The van der Waals surface area contributed by atoms with Crippen molar-refractivity contribution in [2.75, 3.05) is 52.5 Å². The summed E-state index contributed by atoms with van der Waals surface area (Å²) in [6, 6.07) is 0. The van der Waals surface area contributed by atoms with Crippen LogP contribution in [0.15, 0.2) is 4.99 Å². The van der Waals surface area contributed by atoms with Gasteiger partial charge in [0.1, 0.15) is 5.60 Å². The van der Waals surface area contributed by atoms with Gasteiger partial charge in [0.15, 0.2) is 5.96 Å². The zero-order chi connectivity index (χ0) is 22.5. The number of likely N-dealkylation sites (tertiary alicyclic amines) is 1. The minimum atomic E-state index is -0.446. The number of hydrogen-bond acceptors (Lipinski definition) is 5. The SMILES string of the molecule is CCNC(=NCCCOCC1CCCO1)NCCC1CCCN(C(=O)OC(C)(C)C)C1.I. The van der Waals surface area contributed by atoms with Gasteiger partial charge in [0.25, 0.3) is 0 Å². The molecule has 2 atom stereocenters. The third kappa shape index (κ3) is 12.4. The van der Waals surface area contributed by atoms with Gasteiger partial charge < -0.3 is 29.7 Å². The second kappa shape index (κ2) is 15.9. The number of guanidine groups is 1.